The number of benzene rings is 2. The Morgan fingerprint density at radius 2 is 1.88 bits per heavy atom. The predicted molar refractivity (Wildman–Crippen MR) is 92.4 cm³/mol. The fourth-order valence-corrected chi connectivity index (χ4v) is 2.84. The molecule has 1 heterocycles. The standard InChI is InChI=1S/C19H23NO4/c1-22-18-5-4-16-12-15(2-3-17(16)14-18)13-19(21)24-11-8-20-6-9-23-10-7-20/h2-5,12,14H,6-11,13H2,1H3. The summed E-state index contributed by atoms with van der Waals surface area (Å²) >= 11 is 0. The Bertz CT molecular complexity index is 695. The lowest BCUT2D eigenvalue weighted by Crippen LogP contribution is -2.38. The van der Waals surface area contributed by atoms with Gasteiger partial charge in [-0.2, -0.15) is 0 Å². The van der Waals surface area contributed by atoms with Crippen LogP contribution in [0.2, 0.25) is 0 Å². The lowest BCUT2D eigenvalue weighted by Gasteiger charge is -2.26. The first-order chi connectivity index (χ1) is 11.7. The van der Waals surface area contributed by atoms with E-state index in [0.717, 1.165) is 54.9 Å². The fraction of sp³-hybridized carbons (Fsp3) is 0.421. The molecular formula is C19H23NO4. The van der Waals surface area contributed by atoms with Crippen molar-refractivity contribution >= 4 is 16.7 Å². The number of rotatable bonds is 6. The van der Waals surface area contributed by atoms with Gasteiger partial charge in [0.25, 0.3) is 0 Å². The van der Waals surface area contributed by atoms with Gasteiger partial charge in [0, 0.05) is 19.6 Å². The van der Waals surface area contributed by atoms with E-state index < -0.39 is 0 Å². The van der Waals surface area contributed by atoms with Gasteiger partial charge in [0.15, 0.2) is 0 Å². The minimum absolute atomic E-state index is 0.184. The van der Waals surface area contributed by atoms with Crippen molar-refractivity contribution < 1.29 is 19.0 Å². The van der Waals surface area contributed by atoms with E-state index in [4.69, 9.17) is 14.2 Å². The average Bonchev–Trinajstić information content (AvgIpc) is 2.62. The summed E-state index contributed by atoms with van der Waals surface area (Å²) in [4.78, 5) is 14.3. The molecule has 1 fully saturated rings. The van der Waals surface area contributed by atoms with Gasteiger partial charge < -0.3 is 14.2 Å². The highest BCUT2D eigenvalue weighted by atomic mass is 16.5. The third-order valence-electron chi connectivity index (χ3n) is 4.23. The number of ether oxygens (including phenoxy) is 3. The molecule has 0 saturated carbocycles. The Morgan fingerprint density at radius 3 is 2.67 bits per heavy atom. The highest BCUT2D eigenvalue weighted by Gasteiger charge is 2.11. The Balaban J connectivity index is 1.51. The van der Waals surface area contributed by atoms with E-state index in [2.05, 4.69) is 4.90 Å². The molecule has 2 aromatic rings. The molecule has 128 valence electrons. The maximum atomic E-state index is 12.0. The highest BCUT2D eigenvalue weighted by molar-refractivity contribution is 5.85. The first-order valence-corrected chi connectivity index (χ1v) is 8.27. The molecule has 0 spiro atoms. The third kappa shape index (κ3) is 4.46. The first kappa shape index (κ1) is 16.7. The normalized spacial score (nSPS) is 15.4. The monoisotopic (exact) mass is 329 g/mol. The topological polar surface area (TPSA) is 48.0 Å². The van der Waals surface area contributed by atoms with E-state index in [1.165, 1.54) is 0 Å². The summed E-state index contributed by atoms with van der Waals surface area (Å²) in [6.45, 7) is 4.54. The number of morpholine rings is 1. The average molecular weight is 329 g/mol. The van der Waals surface area contributed by atoms with E-state index in [-0.39, 0.29) is 5.97 Å². The van der Waals surface area contributed by atoms with Crippen molar-refractivity contribution in [2.75, 3.05) is 46.6 Å². The smallest absolute Gasteiger partial charge is 0.310 e. The van der Waals surface area contributed by atoms with Gasteiger partial charge in [0.2, 0.25) is 0 Å². The molecule has 1 aliphatic heterocycles. The molecule has 0 aromatic heterocycles. The van der Waals surface area contributed by atoms with Crippen molar-refractivity contribution in [3.8, 4) is 5.75 Å². The number of nitrogens with zero attached hydrogens (tertiary/aromatic N) is 1. The molecule has 1 saturated heterocycles. The van der Waals surface area contributed by atoms with E-state index in [1.807, 2.05) is 36.4 Å². The Hall–Kier alpha value is -2.11. The zero-order valence-electron chi connectivity index (χ0n) is 14.0. The molecule has 24 heavy (non-hydrogen) atoms. The van der Waals surface area contributed by atoms with Crippen LogP contribution in [0.3, 0.4) is 0 Å². The van der Waals surface area contributed by atoms with Crippen LogP contribution < -0.4 is 4.74 Å². The second-order valence-electron chi connectivity index (χ2n) is 5.90. The van der Waals surface area contributed by atoms with Crippen LogP contribution in [0.15, 0.2) is 36.4 Å². The van der Waals surface area contributed by atoms with Crippen molar-refractivity contribution in [2.24, 2.45) is 0 Å². The van der Waals surface area contributed by atoms with Crippen LogP contribution >= 0.6 is 0 Å². The van der Waals surface area contributed by atoms with Gasteiger partial charge >= 0.3 is 5.97 Å². The molecule has 0 N–H and O–H groups in total. The number of hydrogen-bond acceptors (Lipinski definition) is 5. The van der Waals surface area contributed by atoms with Gasteiger partial charge in [0.1, 0.15) is 12.4 Å². The summed E-state index contributed by atoms with van der Waals surface area (Å²) in [5.74, 6) is 0.647. The fourth-order valence-electron chi connectivity index (χ4n) is 2.84. The maximum absolute atomic E-state index is 12.0. The molecule has 5 nitrogen and oxygen atoms in total. The Labute approximate surface area is 142 Å². The number of fused-ring (bicyclic) bond motifs is 1. The van der Waals surface area contributed by atoms with Gasteiger partial charge in [-0.05, 0) is 28.5 Å². The van der Waals surface area contributed by atoms with E-state index in [0.29, 0.717) is 13.0 Å². The second kappa shape index (κ2) is 8.13. The van der Waals surface area contributed by atoms with Crippen LogP contribution in [0.4, 0.5) is 0 Å². The number of hydrogen-bond donors (Lipinski definition) is 0. The molecule has 1 aliphatic rings. The summed E-state index contributed by atoms with van der Waals surface area (Å²) in [5, 5.41) is 2.19. The van der Waals surface area contributed by atoms with Crippen LogP contribution in [-0.2, 0) is 20.7 Å². The zero-order chi connectivity index (χ0) is 16.8. The van der Waals surface area contributed by atoms with Crippen LogP contribution in [0.25, 0.3) is 10.8 Å². The van der Waals surface area contributed by atoms with Crippen LogP contribution in [-0.4, -0.2) is 57.4 Å². The quantitative estimate of drug-likeness (QED) is 0.761. The van der Waals surface area contributed by atoms with Gasteiger partial charge in [0.05, 0.1) is 26.7 Å². The van der Waals surface area contributed by atoms with E-state index >= 15 is 0 Å². The molecule has 0 radical (unpaired) electrons. The summed E-state index contributed by atoms with van der Waals surface area (Å²) < 4.78 is 15.9. The number of carbonyl (C=O) groups is 1. The van der Waals surface area contributed by atoms with Crippen LogP contribution in [0.1, 0.15) is 5.56 Å². The number of esters is 1. The van der Waals surface area contributed by atoms with Crippen LogP contribution in [0.5, 0.6) is 5.75 Å². The van der Waals surface area contributed by atoms with Crippen LogP contribution in [0, 0.1) is 0 Å². The van der Waals surface area contributed by atoms with Crippen molar-refractivity contribution in [3.63, 3.8) is 0 Å². The third-order valence-corrected chi connectivity index (χ3v) is 4.23. The molecule has 0 amide bonds. The van der Waals surface area contributed by atoms with Crippen molar-refractivity contribution in [3.05, 3.63) is 42.0 Å². The summed E-state index contributed by atoms with van der Waals surface area (Å²) in [6.07, 6.45) is 0.297. The minimum Gasteiger partial charge on any atom is -0.497 e. The van der Waals surface area contributed by atoms with E-state index in [1.54, 1.807) is 7.11 Å². The molecule has 5 heteroatoms. The lowest BCUT2D eigenvalue weighted by molar-refractivity contribution is -0.143. The van der Waals surface area contributed by atoms with Gasteiger partial charge in [-0.1, -0.05) is 24.3 Å². The first-order valence-electron chi connectivity index (χ1n) is 8.27. The molecular weight excluding hydrogens is 306 g/mol. The largest absolute Gasteiger partial charge is 0.497 e. The van der Waals surface area contributed by atoms with E-state index in [9.17, 15) is 4.79 Å². The number of carbonyl (C=O) groups excluding carboxylic acids is 1. The summed E-state index contributed by atoms with van der Waals surface area (Å²) in [5.41, 5.74) is 0.962. The maximum Gasteiger partial charge on any atom is 0.310 e. The predicted octanol–water partition coefficient (Wildman–Crippen LogP) is 2.27. The van der Waals surface area contributed by atoms with Crippen molar-refractivity contribution in [2.45, 2.75) is 6.42 Å². The molecule has 0 unspecified atom stereocenters. The number of methoxy groups -OCH3 is 1. The SMILES string of the molecule is COc1ccc2cc(CC(=O)OCCN3CCOCC3)ccc2c1. The summed E-state index contributed by atoms with van der Waals surface area (Å²) in [6, 6.07) is 11.9. The van der Waals surface area contributed by atoms with Gasteiger partial charge in [-0.15, -0.1) is 0 Å². The Morgan fingerprint density at radius 1 is 1.12 bits per heavy atom. The minimum atomic E-state index is -0.184. The highest BCUT2D eigenvalue weighted by Crippen LogP contribution is 2.22. The lowest BCUT2D eigenvalue weighted by atomic mass is 10.0. The molecule has 3 rings (SSSR count). The Kier molecular flexibility index (Phi) is 5.67. The summed E-state index contributed by atoms with van der Waals surface area (Å²) in [7, 11) is 1.66. The second-order valence-corrected chi connectivity index (χ2v) is 5.90. The molecule has 2 aromatic carbocycles. The van der Waals surface area contributed by atoms with Crippen molar-refractivity contribution in [1.29, 1.82) is 0 Å². The van der Waals surface area contributed by atoms with Gasteiger partial charge in [-0.25, -0.2) is 0 Å². The van der Waals surface area contributed by atoms with Crippen molar-refractivity contribution in [1.82, 2.24) is 4.90 Å². The molecule has 0 aliphatic carbocycles. The molecule has 0 atom stereocenters. The van der Waals surface area contributed by atoms with Gasteiger partial charge in [-0.3, -0.25) is 9.69 Å². The zero-order valence-corrected chi connectivity index (χ0v) is 14.0. The molecule has 0 bridgehead atoms.